The standard InChI is InChI=1S/C8H5ClF5NS/c9-8-3-5-1-2-6(4-7(5)15-8)16(10,11,12,13)14/h1-4,8H/t8-/m0/s1. The topological polar surface area (TPSA) is 12.4 Å². The number of hydrogen-bond acceptors (Lipinski definition) is 1. The Morgan fingerprint density at radius 2 is 1.75 bits per heavy atom. The molecule has 1 aliphatic heterocycles. The first-order valence-corrected chi connectivity index (χ1v) is 6.42. The largest absolute Gasteiger partial charge is 0.310 e. The summed E-state index contributed by atoms with van der Waals surface area (Å²) >= 11 is 5.53. The first kappa shape index (κ1) is 11.7. The highest BCUT2D eigenvalue weighted by Gasteiger charge is 2.65. The summed E-state index contributed by atoms with van der Waals surface area (Å²) in [7, 11) is -9.62. The van der Waals surface area contributed by atoms with Crippen LogP contribution in [0.15, 0.2) is 28.1 Å². The summed E-state index contributed by atoms with van der Waals surface area (Å²) in [6.45, 7) is 0. The molecule has 1 nitrogen and oxygen atoms in total. The van der Waals surface area contributed by atoms with Gasteiger partial charge in [-0.25, -0.2) is 0 Å². The summed E-state index contributed by atoms with van der Waals surface area (Å²) in [6, 6.07) is 1.62. The van der Waals surface area contributed by atoms with E-state index in [1.807, 2.05) is 0 Å². The Bertz CT molecular complexity index is 579. The van der Waals surface area contributed by atoms with Crippen molar-refractivity contribution in [1.82, 2.24) is 0 Å². The van der Waals surface area contributed by atoms with Crippen molar-refractivity contribution in [3.8, 4) is 0 Å². The van der Waals surface area contributed by atoms with E-state index in [0.717, 1.165) is 6.07 Å². The van der Waals surface area contributed by atoms with Gasteiger partial charge >= 0.3 is 10.2 Å². The number of nitrogens with zero attached hydrogens (tertiary/aromatic N) is 1. The van der Waals surface area contributed by atoms with Crippen molar-refractivity contribution < 1.29 is 19.4 Å². The van der Waals surface area contributed by atoms with E-state index in [9.17, 15) is 19.4 Å². The zero-order valence-corrected chi connectivity index (χ0v) is 9.08. The van der Waals surface area contributed by atoms with Gasteiger partial charge in [-0.3, -0.25) is 4.99 Å². The zero-order chi connectivity index (χ0) is 12.3. The molecule has 2 rings (SSSR count). The van der Waals surface area contributed by atoms with Gasteiger partial charge in [0.25, 0.3) is 0 Å². The molecule has 90 valence electrons. The normalized spacial score (nSPS) is 23.8. The van der Waals surface area contributed by atoms with E-state index >= 15 is 0 Å². The predicted molar refractivity (Wildman–Crippen MR) is 52.7 cm³/mol. The first-order chi connectivity index (χ1) is 6.95. The van der Waals surface area contributed by atoms with Gasteiger partial charge < -0.3 is 0 Å². The van der Waals surface area contributed by atoms with E-state index < -0.39 is 20.6 Å². The molecule has 0 amide bonds. The van der Waals surface area contributed by atoms with Crippen LogP contribution in [0.5, 0.6) is 0 Å². The third-order valence-electron chi connectivity index (χ3n) is 2.03. The fourth-order valence-corrected chi connectivity index (χ4v) is 2.23. The van der Waals surface area contributed by atoms with Crippen LogP contribution < -0.4 is 10.6 Å². The summed E-state index contributed by atoms with van der Waals surface area (Å²) in [4.78, 5) is 1.64. The summed E-state index contributed by atoms with van der Waals surface area (Å²) in [5.41, 5.74) is -0.802. The van der Waals surface area contributed by atoms with Crippen LogP contribution in [0.4, 0.5) is 19.4 Å². The maximum atomic E-state index is 12.4. The van der Waals surface area contributed by atoms with Crippen LogP contribution in [0.2, 0.25) is 0 Å². The number of alkyl halides is 1. The van der Waals surface area contributed by atoms with E-state index in [0.29, 0.717) is 17.4 Å². The minimum absolute atomic E-state index is 0.161. The molecule has 1 aromatic rings. The fourth-order valence-electron chi connectivity index (χ4n) is 1.33. The molecular weight excluding hydrogens is 273 g/mol. The molecule has 0 bridgehead atoms. The summed E-state index contributed by atoms with van der Waals surface area (Å²) < 4.78 is 62.1. The lowest BCUT2D eigenvalue weighted by Crippen LogP contribution is -2.23. The molecule has 0 saturated heterocycles. The molecule has 1 atom stereocenters. The number of benzene rings is 1. The van der Waals surface area contributed by atoms with Crippen molar-refractivity contribution in [2.24, 2.45) is 4.99 Å². The van der Waals surface area contributed by atoms with Gasteiger partial charge in [0.15, 0.2) is 0 Å². The van der Waals surface area contributed by atoms with Crippen LogP contribution in [0, 0.1) is 0 Å². The maximum Gasteiger partial charge on any atom is 0.310 e. The number of fused-ring (bicyclic) bond motifs is 1. The Kier molecular flexibility index (Phi) is 1.85. The van der Waals surface area contributed by atoms with E-state index in [-0.39, 0.29) is 5.36 Å². The third-order valence-corrected chi connectivity index (χ3v) is 3.40. The average molecular weight is 278 g/mol. The van der Waals surface area contributed by atoms with Gasteiger partial charge in [0, 0.05) is 0 Å². The highest BCUT2D eigenvalue weighted by Crippen LogP contribution is 3.01. The van der Waals surface area contributed by atoms with Crippen LogP contribution >= 0.6 is 21.8 Å². The SMILES string of the molecule is FS(F)(F)(F)(F)c1ccc2c(c1)=N[C@H](Cl)C=2. The van der Waals surface area contributed by atoms with E-state index in [4.69, 9.17) is 11.6 Å². The molecule has 1 heterocycles. The molecule has 0 saturated carbocycles. The minimum Gasteiger partial charge on any atom is -0.261 e. The molecule has 0 aliphatic carbocycles. The van der Waals surface area contributed by atoms with E-state index in [2.05, 4.69) is 4.99 Å². The van der Waals surface area contributed by atoms with Gasteiger partial charge in [-0.1, -0.05) is 37.1 Å². The molecule has 0 N–H and O–H groups in total. The Morgan fingerprint density at radius 3 is 2.31 bits per heavy atom. The molecule has 0 unspecified atom stereocenters. The first-order valence-electron chi connectivity index (χ1n) is 4.04. The quantitative estimate of drug-likeness (QED) is 0.424. The lowest BCUT2D eigenvalue weighted by molar-refractivity contribution is 0.364. The van der Waals surface area contributed by atoms with Gasteiger partial charge in [0.2, 0.25) is 0 Å². The van der Waals surface area contributed by atoms with E-state index in [1.54, 1.807) is 0 Å². The molecule has 1 aromatic carbocycles. The molecule has 0 radical (unpaired) electrons. The van der Waals surface area contributed by atoms with Gasteiger partial charge in [0.1, 0.15) is 10.4 Å². The summed E-state index contributed by atoms with van der Waals surface area (Å²) in [5.74, 6) is 0. The van der Waals surface area contributed by atoms with Crippen LogP contribution in [0.25, 0.3) is 6.08 Å². The van der Waals surface area contributed by atoms with Crippen molar-refractivity contribution in [3.63, 3.8) is 0 Å². The second kappa shape index (κ2) is 2.53. The van der Waals surface area contributed by atoms with Crippen molar-refractivity contribution in [2.45, 2.75) is 10.4 Å². The molecule has 16 heavy (non-hydrogen) atoms. The number of halogens is 6. The molecular formula is C8H5ClF5NS. The van der Waals surface area contributed by atoms with Crippen molar-refractivity contribution in [3.05, 3.63) is 28.8 Å². The molecule has 1 aliphatic rings. The Hall–Kier alpha value is -0.820. The van der Waals surface area contributed by atoms with Crippen molar-refractivity contribution in [1.29, 1.82) is 0 Å². The van der Waals surface area contributed by atoms with Crippen LogP contribution in [0.1, 0.15) is 0 Å². The Morgan fingerprint density at radius 1 is 1.12 bits per heavy atom. The highest BCUT2D eigenvalue weighted by atomic mass is 35.5. The molecule has 0 fully saturated rings. The van der Waals surface area contributed by atoms with Crippen LogP contribution in [-0.2, 0) is 0 Å². The smallest absolute Gasteiger partial charge is 0.261 e. The Balaban J connectivity index is 2.73. The predicted octanol–water partition coefficient (Wildman–Crippen LogP) is 3.32. The number of hydrogen-bond donors (Lipinski definition) is 0. The zero-order valence-electron chi connectivity index (χ0n) is 7.51. The lowest BCUT2D eigenvalue weighted by atomic mass is 10.3. The summed E-state index contributed by atoms with van der Waals surface area (Å²) in [5, 5.41) is 0.163. The monoisotopic (exact) mass is 277 g/mol. The van der Waals surface area contributed by atoms with Gasteiger partial charge in [-0.2, -0.15) is 0 Å². The van der Waals surface area contributed by atoms with Gasteiger partial charge in [-0.15, -0.1) is 0 Å². The fraction of sp³-hybridized carbons (Fsp3) is 0.125. The van der Waals surface area contributed by atoms with Crippen molar-refractivity contribution >= 4 is 27.9 Å². The third kappa shape index (κ3) is 2.15. The molecule has 0 aromatic heterocycles. The second-order valence-corrected chi connectivity index (χ2v) is 6.21. The molecule has 8 heteroatoms. The molecule has 0 spiro atoms. The highest BCUT2D eigenvalue weighted by molar-refractivity contribution is 8.45. The average Bonchev–Trinajstić information content (AvgIpc) is 2.38. The van der Waals surface area contributed by atoms with Gasteiger partial charge in [-0.05, 0) is 23.4 Å². The van der Waals surface area contributed by atoms with Crippen molar-refractivity contribution in [2.75, 3.05) is 0 Å². The summed E-state index contributed by atoms with van der Waals surface area (Å²) in [6.07, 6.45) is 1.38. The maximum absolute atomic E-state index is 12.4. The number of rotatable bonds is 1. The van der Waals surface area contributed by atoms with E-state index in [1.165, 1.54) is 6.08 Å². The van der Waals surface area contributed by atoms with Gasteiger partial charge in [0.05, 0.1) is 5.36 Å². The Labute approximate surface area is 92.0 Å². The minimum atomic E-state index is -9.62. The van der Waals surface area contributed by atoms with Crippen LogP contribution in [-0.4, -0.2) is 5.50 Å². The van der Waals surface area contributed by atoms with Crippen LogP contribution in [0.3, 0.4) is 0 Å². The lowest BCUT2D eigenvalue weighted by Gasteiger charge is -2.40. The second-order valence-electron chi connectivity index (χ2n) is 3.36.